The minimum absolute atomic E-state index is 0.0282. The zero-order valence-electron chi connectivity index (χ0n) is 14.2. The van der Waals surface area contributed by atoms with Gasteiger partial charge < -0.3 is 19.9 Å². The number of carboxylic acid groups (broad SMARTS) is 1. The van der Waals surface area contributed by atoms with Gasteiger partial charge in [0, 0.05) is 25.2 Å². The topological polar surface area (TPSA) is 88.1 Å². The summed E-state index contributed by atoms with van der Waals surface area (Å²) in [6.07, 6.45) is -0.254. The van der Waals surface area contributed by atoms with Crippen LogP contribution in [0.3, 0.4) is 0 Å². The fourth-order valence-electron chi connectivity index (χ4n) is 2.77. The average Bonchev–Trinajstić information content (AvgIpc) is 2.51. The van der Waals surface area contributed by atoms with Crippen molar-refractivity contribution in [2.45, 2.75) is 39.0 Å². The highest BCUT2D eigenvalue weighted by molar-refractivity contribution is 5.86. The third-order valence-electron chi connectivity index (χ3n) is 3.82. The van der Waals surface area contributed by atoms with Gasteiger partial charge in [-0.3, -0.25) is 14.5 Å². The molecule has 1 aromatic rings. The monoisotopic (exact) mass is 336 g/mol. The third-order valence-corrected chi connectivity index (χ3v) is 3.82. The maximum Gasteiger partial charge on any atom is 0.305 e. The molecule has 0 saturated carbocycles. The van der Waals surface area contributed by atoms with Crippen molar-refractivity contribution < 1.29 is 24.2 Å². The van der Waals surface area contributed by atoms with Crippen LogP contribution in [0.15, 0.2) is 18.2 Å². The summed E-state index contributed by atoms with van der Waals surface area (Å²) in [6.45, 7) is 5.36. The number of piperazine rings is 1. The molecular formula is C17H24N2O5. The summed E-state index contributed by atoms with van der Waals surface area (Å²) < 4.78 is 11.3. The van der Waals surface area contributed by atoms with Crippen molar-refractivity contribution in [2.24, 2.45) is 0 Å². The second-order valence-corrected chi connectivity index (χ2v) is 5.99. The van der Waals surface area contributed by atoms with Gasteiger partial charge in [0.25, 0.3) is 0 Å². The lowest BCUT2D eigenvalue weighted by Crippen LogP contribution is -2.55. The number of aliphatic carboxylic acids is 1. The fourth-order valence-corrected chi connectivity index (χ4v) is 2.77. The van der Waals surface area contributed by atoms with E-state index in [2.05, 4.69) is 5.32 Å². The quantitative estimate of drug-likeness (QED) is 0.779. The Morgan fingerprint density at radius 2 is 2.21 bits per heavy atom. The third kappa shape index (κ3) is 4.38. The van der Waals surface area contributed by atoms with E-state index in [0.717, 1.165) is 5.56 Å². The zero-order valence-corrected chi connectivity index (χ0v) is 14.2. The molecule has 0 aromatic heterocycles. The van der Waals surface area contributed by atoms with Crippen molar-refractivity contribution >= 4 is 11.9 Å². The van der Waals surface area contributed by atoms with Gasteiger partial charge in [0.2, 0.25) is 5.91 Å². The highest BCUT2D eigenvalue weighted by atomic mass is 16.5. The van der Waals surface area contributed by atoms with Crippen LogP contribution in [0.2, 0.25) is 0 Å². The summed E-state index contributed by atoms with van der Waals surface area (Å²) in [4.78, 5) is 25.0. The summed E-state index contributed by atoms with van der Waals surface area (Å²) in [7, 11) is 1.58. The number of amides is 1. The number of para-hydroxylation sites is 1. The van der Waals surface area contributed by atoms with Crippen LogP contribution in [0.5, 0.6) is 11.5 Å². The molecule has 1 unspecified atom stereocenters. The van der Waals surface area contributed by atoms with Crippen LogP contribution >= 0.6 is 0 Å². The SMILES string of the molecule is COc1cccc(CN2CCNC(=O)C2CC(=O)O)c1OC(C)C. The van der Waals surface area contributed by atoms with Gasteiger partial charge in [0.1, 0.15) is 6.04 Å². The summed E-state index contributed by atoms with van der Waals surface area (Å²) in [5.41, 5.74) is 0.869. The van der Waals surface area contributed by atoms with E-state index in [9.17, 15) is 9.59 Å². The molecule has 24 heavy (non-hydrogen) atoms. The Labute approximate surface area is 141 Å². The van der Waals surface area contributed by atoms with Gasteiger partial charge in [-0.15, -0.1) is 0 Å². The number of methoxy groups -OCH3 is 1. The number of rotatable bonds is 7. The van der Waals surface area contributed by atoms with Crippen molar-refractivity contribution in [1.29, 1.82) is 0 Å². The van der Waals surface area contributed by atoms with Crippen LogP contribution in [0, 0.1) is 0 Å². The molecule has 1 aliphatic heterocycles. The van der Waals surface area contributed by atoms with Gasteiger partial charge in [0.15, 0.2) is 11.5 Å². The van der Waals surface area contributed by atoms with Crippen LogP contribution in [0.4, 0.5) is 0 Å². The first-order chi connectivity index (χ1) is 11.4. The minimum Gasteiger partial charge on any atom is -0.493 e. The number of carbonyl (C=O) groups excluding carboxylic acids is 1. The molecule has 1 amide bonds. The number of benzene rings is 1. The molecule has 2 N–H and O–H groups in total. The van der Waals surface area contributed by atoms with E-state index in [1.54, 1.807) is 7.11 Å². The Morgan fingerprint density at radius 3 is 2.83 bits per heavy atom. The standard InChI is InChI=1S/C17H24N2O5/c1-11(2)24-16-12(5-4-6-14(16)23-3)10-19-8-7-18-17(22)13(19)9-15(20)21/h4-6,11,13H,7-10H2,1-3H3,(H,18,22)(H,20,21). The van der Waals surface area contributed by atoms with Crippen LogP contribution in [0.1, 0.15) is 25.8 Å². The molecule has 7 nitrogen and oxygen atoms in total. The smallest absolute Gasteiger partial charge is 0.305 e. The number of hydrogen-bond acceptors (Lipinski definition) is 5. The first-order valence-electron chi connectivity index (χ1n) is 7.98. The molecule has 0 spiro atoms. The first kappa shape index (κ1) is 18.1. The van der Waals surface area contributed by atoms with Gasteiger partial charge in [0.05, 0.1) is 19.6 Å². The Bertz CT molecular complexity index is 603. The molecule has 1 heterocycles. The van der Waals surface area contributed by atoms with Crippen LogP contribution in [0.25, 0.3) is 0 Å². The maximum absolute atomic E-state index is 12.0. The Morgan fingerprint density at radius 1 is 1.46 bits per heavy atom. The fraction of sp³-hybridized carbons (Fsp3) is 0.529. The van der Waals surface area contributed by atoms with Gasteiger partial charge in [-0.1, -0.05) is 12.1 Å². The zero-order chi connectivity index (χ0) is 17.7. The van der Waals surface area contributed by atoms with Crippen LogP contribution in [-0.4, -0.2) is 54.2 Å². The lowest BCUT2D eigenvalue weighted by molar-refractivity contribution is -0.143. The van der Waals surface area contributed by atoms with E-state index in [1.807, 2.05) is 36.9 Å². The lowest BCUT2D eigenvalue weighted by Gasteiger charge is -2.34. The largest absolute Gasteiger partial charge is 0.493 e. The molecule has 0 aliphatic carbocycles. The van der Waals surface area contributed by atoms with Crippen molar-refractivity contribution in [2.75, 3.05) is 20.2 Å². The molecule has 1 aliphatic rings. The Kier molecular flexibility index (Phi) is 6.03. The van der Waals surface area contributed by atoms with E-state index in [0.29, 0.717) is 31.1 Å². The number of ether oxygens (including phenoxy) is 2. The molecule has 1 saturated heterocycles. The van der Waals surface area contributed by atoms with E-state index in [1.165, 1.54) is 0 Å². The Balaban J connectivity index is 2.27. The molecule has 1 aromatic carbocycles. The van der Waals surface area contributed by atoms with Crippen molar-refractivity contribution in [3.63, 3.8) is 0 Å². The predicted octanol–water partition coefficient (Wildman–Crippen LogP) is 1.26. The number of hydrogen-bond donors (Lipinski definition) is 2. The molecule has 0 radical (unpaired) electrons. The van der Waals surface area contributed by atoms with Crippen molar-refractivity contribution in [3.8, 4) is 11.5 Å². The molecule has 7 heteroatoms. The number of nitrogens with zero attached hydrogens (tertiary/aromatic N) is 1. The summed E-state index contributed by atoms with van der Waals surface area (Å²) in [5.74, 6) is 0.0109. The van der Waals surface area contributed by atoms with Crippen LogP contribution < -0.4 is 14.8 Å². The second-order valence-electron chi connectivity index (χ2n) is 5.99. The molecular weight excluding hydrogens is 312 g/mol. The maximum atomic E-state index is 12.0. The van der Waals surface area contributed by atoms with Gasteiger partial charge in [-0.2, -0.15) is 0 Å². The highest BCUT2D eigenvalue weighted by Gasteiger charge is 2.32. The number of nitrogens with one attached hydrogen (secondary N) is 1. The van der Waals surface area contributed by atoms with Gasteiger partial charge in [-0.05, 0) is 19.9 Å². The van der Waals surface area contributed by atoms with E-state index < -0.39 is 12.0 Å². The average molecular weight is 336 g/mol. The van der Waals surface area contributed by atoms with Crippen LogP contribution in [-0.2, 0) is 16.1 Å². The molecule has 2 rings (SSSR count). The molecule has 1 fully saturated rings. The number of carbonyl (C=O) groups is 2. The predicted molar refractivity (Wildman–Crippen MR) is 88.2 cm³/mol. The van der Waals surface area contributed by atoms with E-state index in [4.69, 9.17) is 14.6 Å². The van der Waals surface area contributed by atoms with Gasteiger partial charge >= 0.3 is 5.97 Å². The van der Waals surface area contributed by atoms with Crippen molar-refractivity contribution in [3.05, 3.63) is 23.8 Å². The summed E-state index contributed by atoms with van der Waals surface area (Å²) in [6, 6.07) is 4.90. The van der Waals surface area contributed by atoms with Gasteiger partial charge in [-0.25, -0.2) is 0 Å². The minimum atomic E-state index is -0.994. The second kappa shape index (κ2) is 8.01. The number of carboxylic acids is 1. The van der Waals surface area contributed by atoms with E-state index in [-0.39, 0.29) is 18.4 Å². The lowest BCUT2D eigenvalue weighted by atomic mass is 10.1. The summed E-state index contributed by atoms with van der Waals surface area (Å²) >= 11 is 0. The molecule has 1 atom stereocenters. The van der Waals surface area contributed by atoms with E-state index >= 15 is 0 Å². The molecule has 132 valence electrons. The highest BCUT2D eigenvalue weighted by Crippen LogP contribution is 2.33. The van der Waals surface area contributed by atoms with Crippen molar-refractivity contribution in [1.82, 2.24) is 10.2 Å². The summed E-state index contributed by atoms with van der Waals surface area (Å²) in [5, 5.41) is 11.8. The first-order valence-corrected chi connectivity index (χ1v) is 7.98. The normalized spacial score (nSPS) is 18.3. The Hall–Kier alpha value is -2.28. The molecule has 0 bridgehead atoms.